The molecule has 0 aliphatic carbocycles. The number of guanidine groups is 1. The predicted molar refractivity (Wildman–Crippen MR) is 96.2 cm³/mol. The molecule has 2 heterocycles. The van der Waals surface area contributed by atoms with E-state index in [0.29, 0.717) is 5.92 Å². The molecule has 0 saturated carbocycles. The molecular formula is C14H24IN3OS. The largest absolute Gasteiger partial charge is 0.381 e. The Morgan fingerprint density at radius 3 is 2.90 bits per heavy atom. The van der Waals surface area contributed by atoms with Crippen LogP contribution in [0.3, 0.4) is 0 Å². The lowest BCUT2D eigenvalue weighted by molar-refractivity contribution is 0.181. The second-order valence-electron chi connectivity index (χ2n) is 5.02. The van der Waals surface area contributed by atoms with Crippen LogP contribution in [0.15, 0.2) is 17.1 Å². The van der Waals surface area contributed by atoms with Gasteiger partial charge in [0, 0.05) is 42.9 Å². The average Bonchev–Trinajstić information content (AvgIpc) is 3.02. The van der Waals surface area contributed by atoms with E-state index in [1.54, 1.807) is 0 Å². The molecule has 1 atom stereocenters. The van der Waals surface area contributed by atoms with E-state index < -0.39 is 0 Å². The molecular weight excluding hydrogens is 385 g/mol. The highest BCUT2D eigenvalue weighted by molar-refractivity contribution is 14.0. The third-order valence-electron chi connectivity index (χ3n) is 3.35. The van der Waals surface area contributed by atoms with E-state index in [1.807, 2.05) is 18.4 Å². The normalized spacial score (nSPS) is 18.8. The van der Waals surface area contributed by atoms with Crippen molar-refractivity contribution < 1.29 is 4.74 Å². The number of halogens is 1. The molecule has 0 amide bonds. The summed E-state index contributed by atoms with van der Waals surface area (Å²) in [5.74, 6) is 1.59. The second-order valence-corrected chi connectivity index (χ2v) is 6.40. The zero-order chi connectivity index (χ0) is 13.7. The van der Waals surface area contributed by atoms with Gasteiger partial charge in [-0.05, 0) is 25.5 Å². The first-order chi connectivity index (χ1) is 9.19. The first-order valence-corrected chi connectivity index (χ1v) is 7.55. The van der Waals surface area contributed by atoms with Gasteiger partial charge in [0.05, 0.1) is 13.2 Å². The standard InChI is InChI=1S/C14H23N3OS.HI/c1-11-4-5-13(19-11)8-16-14(15-2)17(3)9-12-6-7-18-10-12;/h4-5,12H,6-10H2,1-3H3,(H,15,16);1H. The number of nitrogens with one attached hydrogen (secondary N) is 1. The van der Waals surface area contributed by atoms with Gasteiger partial charge in [-0.3, -0.25) is 4.99 Å². The Morgan fingerprint density at radius 2 is 2.35 bits per heavy atom. The zero-order valence-corrected chi connectivity index (χ0v) is 15.5. The molecule has 20 heavy (non-hydrogen) atoms. The monoisotopic (exact) mass is 409 g/mol. The molecule has 0 radical (unpaired) electrons. The molecule has 0 bridgehead atoms. The van der Waals surface area contributed by atoms with Gasteiger partial charge in [-0.2, -0.15) is 0 Å². The van der Waals surface area contributed by atoms with Crippen LogP contribution in [-0.2, 0) is 11.3 Å². The number of rotatable bonds is 4. The number of thiophene rings is 1. The van der Waals surface area contributed by atoms with Crippen molar-refractivity contribution in [1.29, 1.82) is 0 Å². The van der Waals surface area contributed by atoms with Gasteiger partial charge in [-0.15, -0.1) is 35.3 Å². The summed E-state index contributed by atoms with van der Waals surface area (Å²) in [6.45, 7) is 5.76. The molecule has 1 N–H and O–H groups in total. The van der Waals surface area contributed by atoms with Crippen molar-refractivity contribution in [1.82, 2.24) is 10.2 Å². The number of hydrogen-bond donors (Lipinski definition) is 1. The molecule has 1 unspecified atom stereocenters. The van der Waals surface area contributed by atoms with E-state index in [0.717, 1.165) is 38.7 Å². The Kier molecular flexibility index (Phi) is 7.83. The molecule has 1 aromatic rings. The van der Waals surface area contributed by atoms with Gasteiger partial charge >= 0.3 is 0 Å². The molecule has 114 valence electrons. The summed E-state index contributed by atoms with van der Waals surface area (Å²) in [5, 5.41) is 3.42. The van der Waals surface area contributed by atoms with Crippen LogP contribution in [-0.4, -0.2) is 44.7 Å². The van der Waals surface area contributed by atoms with Crippen LogP contribution in [0.25, 0.3) is 0 Å². The maximum Gasteiger partial charge on any atom is 0.193 e. The van der Waals surface area contributed by atoms with Gasteiger partial charge in [0.25, 0.3) is 0 Å². The van der Waals surface area contributed by atoms with Crippen molar-refractivity contribution in [2.24, 2.45) is 10.9 Å². The van der Waals surface area contributed by atoms with Crippen LogP contribution in [0, 0.1) is 12.8 Å². The van der Waals surface area contributed by atoms with Gasteiger partial charge < -0.3 is 15.0 Å². The van der Waals surface area contributed by atoms with Crippen molar-refractivity contribution in [3.8, 4) is 0 Å². The van der Waals surface area contributed by atoms with E-state index in [1.165, 1.54) is 9.75 Å². The van der Waals surface area contributed by atoms with Gasteiger partial charge in [-0.1, -0.05) is 0 Å². The quantitative estimate of drug-likeness (QED) is 0.472. The van der Waals surface area contributed by atoms with Crippen LogP contribution in [0.2, 0.25) is 0 Å². The second kappa shape index (κ2) is 8.84. The minimum atomic E-state index is 0. The van der Waals surface area contributed by atoms with Gasteiger partial charge in [0.2, 0.25) is 0 Å². The molecule has 0 spiro atoms. The molecule has 2 rings (SSSR count). The van der Waals surface area contributed by atoms with E-state index in [4.69, 9.17) is 4.74 Å². The lowest BCUT2D eigenvalue weighted by Gasteiger charge is -2.24. The first kappa shape index (κ1) is 17.7. The van der Waals surface area contributed by atoms with E-state index >= 15 is 0 Å². The summed E-state index contributed by atoms with van der Waals surface area (Å²) in [5.41, 5.74) is 0. The van der Waals surface area contributed by atoms with Gasteiger partial charge in [0.1, 0.15) is 0 Å². The fourth-order valence-corrected chi connectivity index (χ4v) is 3.16. The third-order valence-corrected chi connectivity index (χ3v) is 4.35. The smallest absolute Gasteiger partial charge is 0.193 e. The molecule has 6 heteroatoms. The lowest BCUT2D eigenvalue weighted by atomic mass is 10.1. The Morgan fingerprint density at radius 1 is 1.55 bits per heavy atom. The summed E-state index contributed by atoms with van der Waals surface area (Å²) in [6.07, 6.45) is 1.16. The molecule has 1 fully saturated rings. The van der Waals surface area contributed by atoms with Crippen LogP contribution >= 0.6 is 35.3 Å². The number of aliphatic imine (C=N–C) groups is 1. The van der Waals surface area contributed by atoms with Crippen molar-refractivity contribution in [3.63, 3.8) is 0 Å². The number of hydrogen-bond acceptors (Lipinski definition) is 3. The average molecular weight is 409 g/mol. The highest BCUT2D eigenvalue weighted by Gasteiger charge is 2.18. The maximum absolute atomic E-state index is 5.42. The lowest BCUT2D eigenvalue weighted by Crippen LogP contribution is -2.41. The van der Waals surface area contributed by atoms with Crippen LogP contribution < -0.4 is 5.32 Å². The minimum absolute atomic E-state index is 0. The fourth-order valence-electron chi connectivity index (χ4n) is 2.33. The van der Waals surface area contributed by atoms with E-state index in [-0.39, 0.29) is 24.0 Å². The Bertz CT molecular complexity index is 430. The van der Waals surface area contributed by atoms with Crippen LogP contribution in [0.1, 0.15) is 16.2 Å². The van der Waals surface area contributed by atoms with Crippen LogP contribution in [0.5, 0.6) is 0 Å². The highest BCUT2D eigenvalue weighted by Crippen LogP contribution is 2.15. The van der Waals surface area contributed by atoms with Crippen molar-refractivity contribution in [2.45, 2.75) is 19.9 Å². The Balaban J connectivity index is 0.00000200. The van der Waals surface area contributed by atoms with Crippen molar-refractivity contribution in [3.05, 3.63) is 21.9 Å². The summed E-state index contributed by atoms with van der Waals surface area (Å²) in [6, 6.07) is 4.33. The zero-order valence-electron chi connectivity index (χ0n) is 12.4. The molecule has 1 aromatic heterocycles. The third kappa shape index (κ3) is 5.21. The molecule has 0 aromatic carbocycles. The molecule has 1 aliphatic heterocycles. The van der Waals surface area contributed by atoms with Crippen molar-refractivity contribution in [2.75, 3.05) is 33.9 Å². The maximum atomic E-state index is 5.42. The highest BCUT2D eigenvalue weighted by atomic mass is 127. The topological polar surface area (TPSA) is 36.9 Å². The van der Waals surface area contributed by atoms with Gasteiger partial charge in [-0.25, -0.2) is 0 Å². The van der Waals surface area contributed by atoms with E-state index in [9.17, 15) is 0 Å². The predicted octanol–water partition coefficient (Wildman–Crippen LogP) is 2.72. The van der Waals surface area contributed by atoms with E-state index in [2.05, 4.69) is 41.3 Å². The SMILES string of the molecule is CN=C(NCc1ccc(C)s1)N(C)CC1CCOC1.I. The van der Waals surface area contributed by atoms with Crippen LogP contribution in [0.4, 0.5) is 0 Å². The number of aryl methyl sites for hydroxylation is 1. The fraction of sp³-hybridized carbons (Fsp3) is 0.643. The Hall–Kier alpha value is -0.340. The summed E-state index contributed by atoms with van der Waals surface area (Å²) < 4.78 is 5.42. The Labute approximate surface area is 142 Å². The summed E-state index contributed by atoms with van der Waals surface area (Å²) in [7, 11) is 3.93. The summed E-state index contributed by atoms with van der Waals surface area (Å²) >= 11 is 1.83. The molecule has 1 saturated heterocycles. The summed E-state index contributed by atoms with van der Waals surface area (Å²) in [4.78, 5) is 9.24. The first-order valence-electron chi connectivity index (χ1n) is 6.74. The van der Waals surface area contributed by atoms with Crippen molar-refractivity contribution >= 4 is 41.3 Å². The van der Waals surface area contributed by atoms with Gasteiger partial charge in [0.15, 0.2) is 5.96 Å². The minimum Gasteiger partial charge on any atom is -0.381 e. The number of nitrogens with zero attached hydrogens (tertiary/aromatic N) is 2. The molecule has 4 nitrogen and oxygen atoms in total. The molecule has 1 aliphatic rings. The number of ether oxygens (including phenoxy) is 1.